The Labute approximate surface area is 129 Å². The van der Waals surface area contributed by atoms with Gasteiger partial charge in [0.05, 0.1) is 0 Å². The van der Waals surface area contributed by atoms with Crippen LogP contribution in [0.15, 0.2) is 24.3 Å². The molecule has 0 unspecified atom stereocenters. The van der Waals surface area contributed by atoms with Gasteiger partial charge in [0.2, 0.25) is 5.91 Å². The minimum atomic E-state index is -0.840. The molecule has 0 saturated carbocycles. The molecule has 2 amide bonds. The van der Waals surface area contributed by atoms with E-state index in [1.165, 1.54) is 0 Å². The Hall–Kier alpha value is -2.37. The van der Waals surface area contributed by atoms with Crippen LogP contribution < -0.4 is 10.6 Å². The Morgan fingerprint density at radius 2 is 1.64 bits per heavy atom. The molecule has 0 spiro atoms. The molecule has 0 heterocycles. The van der Waals surface area contributed by atoms with Crippen molar-refractivity contribution in [1.29, 1.82) is 0 Å². The van der Waals surface area contributed by atoms with Crippen LogP contribution in [-0.2, 0) is 16.1 Å². The number of carbonyl (C=O) groups is 3. The number of unbranched alkanes of at least 4 members (excludes halogenated alkanes) is 1. The Morgan fingerprint density at radius 1 is 1.00 bits per heavy atom. The molecule has 120 valence electrons. The van der Waals surface area contributed by atoms with Gasteiger partial charge in [0.25, 0.3) is 5.91 Å². The molecular formula is C16H22N2O4. The third-order valence-corrected chi connectivity index (χ3v) is 3.09. The first kappa shape index (κ1) is 17.7. The fraction of sp³-hybridized carbons (Fsp3) is 0.438. The smallest absolute Gasteiger partial charge is 0.303 e. The molecule has 3 N–H and O–H groups in total. The van der Waals surface area contributed by atoms with Crippen LogP contribution in [0.3, 0.4) is 0 Å². The third kappa shape index (κ3) is 6.88. The van der Waals surface area contributed by atoms with Gasteiger partial charge in [0.15, 0.2) is 0 Å². The summed E-state index contributed by atoms with van der Waals surface area (Å²) >= 11 is 0. The minimum absolute atomic E-state index is 0.0918. The third-order valence-electron chi connectivity index (χ3n) is 3.09. The molecule has 0 radical (unpaired) electrons. The predicted molar refractivity (Wildman–Crippen MR) is 82.4 cm³/mol. The maximum atomic E-state index is 11.6. The Kier molecular flexibility index (Phi) is 7.67. The first-order chi connectivity index (χ1) is 10.5. The van der Waals surface area contributed by atoms with Crippen molar-refractivity contribution in [2.45, 2.75) is 39.2 Å². The highest BCUT2D eigenvalue weighted by atomic mass is 16.4. The summed E-state index contributed by atoms with van der Waals surface area (Å²) in [6.45, 7) is 2.84. The second-order valence-corrected chi connectivity index (χ2v) is 4.93. The van der Waals surface area contributed by atoms with E-state index in [1.807, 2.05) is 6.92 Å². The van der Waals surface area contributed by atoms with Crippen LogP contribution in [0.4, 0.5) is 0 Å². The van der Waals surface area contributed by atoms with Gasteiger partial charge in [0, 0.05) is 31.5 Å². The number of nitrogens with one attached hydrogen (secondary N) is 2. The maximum absolute atomic E-state index is 11.6. The van der Waals surface area contributed by atoms with E-state index in [9.17, 15) is 14.4 Å². The summed E-state index contributed by atoms with van der Waals surface area (Å²) in [4.78, 5) is 33.5. The summed E-state index contributed by atoms with van der Waals surface area (Å²) in [5, 5.41) is 14.0. The first-order valence-electron chi connectivity index (χ1n) is 7.38. The highest BCUT2D eigenvalue weighted by Gasteiger charge is 2.05. The number of hydrogen-bond donors (Lipinski definition) is 3. The molecule has 0 aromatic heterocycles. The average Bonchev–Trinajstić information content (AvgIpc) is 2.50. The SMILES string of the molecule is CCNC(=O)c1ccc(CNC(=O)CCCCC(=O)O)cc1. The van der Waals surface area contributed by atoms with E-state index in [4.69, 9.17) is 5.11 Å². The van der Waals surface area contributed by atoms with Gasteiger partial charge in [-0.15, -0.1) is 0 Å². The molecule has 6 nitrogen and oxygen atoms in total. The zero-order chi connectivity index (χ0) is 16.4. The topological polar surface area (TPSA) is 95.5 Å². The largest absolute Gasteiger partial charge is 0.481 e. The number of carboxylic acids is 1. The Morgan fingerprint density at radius 3 is 2.23 bits per heavy atom. The zero-order valence-electron chi connectivity index (χ0n) is 12.7. The van der Waals surface area contributed by atoms with Crippen LogP contribution in [0.5, 0.6) is 0 Å². The molecule has 1 aromatic carbocycles. The number of hydrogen-bond acceptors (Lipinski definition) is 3. The lowest BCUT2D eigenvalue weighted by molar-refractivity contribution is -0.137. The van der Waals surface area contributed by atoms with E-state index in [1.54, 1.807) is 24.3 Å². The van der Waals surface area contributed by atoms with Gasteiger partial charge in [-0.3, -0.25) is 14.4 Å². The molecule has 0 aliphatic heterocycles. The van der Waals surface area contributed by atoms with Crippen molar-refractivity contribution < 1.29 is 19.5 Å². The average molecular weight is 306 g/mol. The van der Waals surface area contributed by atoms with Gasteiger partial charge < -0.3 is 15.7 Å². The number of carboxylic acid groups (broad SMARTS) is 1. The molecule has 6 heteroatoms. The van der Waals surface area contributed by atoms with E-state index < -0.39 is 5.97 Å². The number of amides is 2. The first-order valence-corrected chi connectivity index (χ1v) is 7.38. The van der Waals surface area contributed by atoms with Gasteiger partial charge in [-0.1, -0.05) is 12.1 Å². The van der Waals surface area contributed by atoms with Crippen LogP contribution in [0.1, 0.15) is 48.5 Å². The summed E-state index contributed by atoms with van der Waals surface area (Å²) < 4.78 is 0. The summed E-state index contributed by atoms with van der Waals surface area (Å²) in [5.41, 5.74) is 1.50. The molecule has 1 aromatic rings. The van der Waals surface area contributed by atoms with Crippen LogP contribution >= 0.6 is 0 Å². The van der Waals surface area contributed by atoms with E-state index >= 15 is 0 Å². The molecule has 0 fully saturated rings. The minimum Gasteiger partial charge on any atom is -0.481 e. The molecule has 0 bridgehead atoms. The monoisotopic (exact) mass is 306 g/mol. The van der Waals surface area contributed by atoms with Crippen LogP contribution in [0, 0.1) is 0 Å². The molecule has 0 atom stereocenters. The summed E-state index contributed by atoms with van der Waals surface area (Å²) in [7, 11) is 0. The van der Waals surface area contributed by atoms with E-state index in [2.05, 4.69) is 10.6 Å². The Balaban J connectivity index is 2.31. The zero-order valence-corrected chi connectivity index (χ0v) is 12.7. The molecule has 1 rings (SSSR count). The second-order valence-electron chi connectivity index (χ2n) is 4.93. The lowest BCUT2D eigenvalue weighted by Gasteiger charge is -2.06. The van der Waals surface area contributed by atoms with Crippen molar-refractivity contribution in [2.24, 2.45) is 0 Å². The van der Waals surface area contributed by atoms with Crippen LogP contribution in [0.25, 0.3) is 0 Å². The number of carbonyl (C=O) groups excluding carboxylic acids is 2. The molecule has 0 aliphatic carbocycles. The fourth-order valence-corrected chi connectivity index (χ4v) is 1.89. The Bertz CT molecular complexity index is 511. The molecular weight excluding hydrogens is 284 g/mol. The molecule has 0 saturated heterocycles. The molecule has 22 heavy (non-hydrogen) atoms. The van der Waals surface area contributed by atoms with Crippen molar-refractivity contribution >= 4 is 17.8 Å². The second kappa shape index (κ2) is 9.55. The van der Waals surface area contributed by atoms with Gasteiger partial charge in [-0.25, -0.2) is 0 Å². The van der Waals surface area contributed by atoms with Crippen molar-refractivity contribution in [3.8, 4) is 0 Å². The predicted octanol–water partition coefficient (Wildman–Crippen LogP) is 1.70. The van der Waals surface area contributed by atoms with Gasteiger partial charge in [0.1, 0.15) is 0 Å². The van der Waals surface area contributed by atoms with Crippen molar-refractivity contribution in [2.75, 3.05) is 6.54 Å². The summed E-state index contributed by atoms with van der Waals surface area (Å²) in [6, 6.07) is 7.04. The molecule has 0 aliphatic rings. The highest BCUT2D eigenvalue weighted by Crippen LogP contribution is 2.05. The summed E-state index contributed by atoms with van der Waals surface area (Å²) in [5.74, 6) is -1.05. The van der Waals surface area contributed by atoms with Gasteiger partial charge >= 0.3 is 5.97 Å². The number of rotatable bonds is 9. The standard InChI is InChI=1S/C16H22N2O4/c1-2-17-16(22)13-9-7-12(8-10-13)11-18-14(19)5-3-4-6-15(20)21/h7-10H,2-6,11H2,1H3,(H,17,22)(H,18,19)(H,20,21). The normalized spacial score (nSPS) is 10.0. The van der Waals surface area contributed by atoms with Crippen molar-refractivity contribution in [1.82, 2.24) is 10.6 Å². The van der Waals surface area contributed by atoms with Crippen LogP contribution in [0.2, 0.25) is 0 Å². The maximum Gasteiger partial charge on any atom is 0.303 e. The lowest BCUT2D eigenvalue weighted by Crippen LogP contribution is -2.23. The highest BCUT2D eigenvalue weighted by molar-refractivity contribution is 5.94. The van der Waals surface area contributed by atoms with E-state index in [0.717, 1.165) is 5.56 Å². The summed E-state index contributed by atoms with van der Waals surface area (Å²) in [6.07, 6.45) is 1.48. The van der Waals surface area contributed by atoms with Gasteiger partial charge in [-0.2, -0.15) is 0 Å². The van der Waals surface area contributed by atoms with E-state index in [0.29, 0.717) is 37.9 Å². The van der Waals surface area contributed by atoms with Crippen molar-refractivity contribution in [3.63, 3.8) is 0 Å². The number of aliphatic carboxylic acids is 1. The quantitative estimate of drug-likeness (QED) is 0.605. The van der Waals surface area contributed by atoms with Crippen molar-refractivity contribution in [3.05, 3.63) is 35.4 Å². The lowest BCUT2D eigenvalue weighted by atomic mass is 10.1. The van der Waals surface area contributed by atoms with Gasteiger partial charge in [-0.05, 0) is 37.5 Å². The van der Waals surface area contributed by atoms with Crippen LogP contribution in [-0.4, -0.2) is 29.4 Å². The fourth-order valence-electron chi connectivity index (χ4n) is 1.89. The van der Waals surface area contributed by atoms with E-state index in [-0.39, 0.29) is 18.2 Å². The number of benzene rings is 1.